The minimum Gasteiger partial charge on any atom is -0.297 e. The van der Waals surface area contributed by atoms with Crippen LogP contribution in [0.25, 0.3) is 0 Å². The van der Waals surface area contributed by atoms with Crippen molar-refractivity contribution in [2.24, 2.45) is 0 Å². The first-order valence-electron chi connectivity index (χ1n) is 5.31. The lowest BCUT2D eigenvalue weighted by atomic mass is 10.2. The Labute approximate surface area is 105 Å². The molecule has 0 saturated heterocycles. The van der Waals surface area contributed by atoms with Crippen molar-refractivity contribution in [1.29, 1.82) is 0 Å². The van der Waals surface area contributed by atoms with Crippen LogP contribution in [-0.4, -0.2) is 6.54 Å². The molecule has 0 bridgehead atoms. The van der Waals surface area contributed by atoms with Crippen LogP contribution in [0.3, 0.4) is 0 Å². The van der Waals surface area contributed by atoms with Crippen molar-refractivity contribution < 1.29 is 0 Å². The maximum Gasteiger partial charge on any atom is 0.108 e. The Hall–Kier alpha value is -0.830. The van der Waals surface area contributed by atoms with Gasteiger partial charge < -0.3 is 0 Å². The molecule has 84 valence electrons. The van der Waals surface area contributed by atoms with Gasteiger partial charge in [0.15, 0.2) is 0 Å². The molecule has 1 aromatic carbocycles. The molecule has 3 heteroatoms. The van der Waals surface area contributed by atoms with Crippen molar-refractivity contribution >= 4 is 22.9 Å². The number of hydrogen-bond donors (Lipinski definition) is 1. The Morgan fingerprint density at radius 3 is 2.62 bits per heavy atom. The monoisotopic (exact) mass is 251 g/mol. The molecule has 1 atom stereocenters. The molecule has 1 heterocycles. The smallest absolute Gasteiger partial charge is 0.108 e. The molecule has 1 aromatic heterocycles. The summed E-state index contributed by atoms with van der Waals surface area (Å²) in [5, 5.41) is 5.41. The van der Waals surface area contributed by atoms with Crippen LogP contribution in [0.2, 0.25) is 0 Å². The van der Waals surface area contributed by atoms with E-state index < -0.39 is 0 Å². The molecule has 0 spiro atoms. The van der Waals surface area contributed by atoms with Crippen LogP contribution in [0, 0.1) is 0 Å². The number of hydrogen-bond acceptors (Lipinski definition) is 2. The minimum absolute atomic E-state index is 0.0961. The molecule has 0 radical (unpaired) electrons. The predicted octanol–water partition coefficient (Wildman–Crippen LogP) is 3.82. The van der Waals surface area contributed by atoms with E-state index in [2.05, 4.69) is 22.8 Å². The highest BCUT2D eigenvalue weighted by Crippen LogP contribution is 2.16. The van der Waals surface area contributed by atoms with E-state index in [4.69, 9.17) is 11.6 Å². The highest BCUT2D eigenvalue weighted by atomic mass is 35.5. The highest BCUT2D eigenvalue weighted by molar-refractivity contribution is 7.09. The molecule has 2 rings (SSSR count). The second-order valence-electron chi connectivity index (χ2n) is 3.56. The van der Waals surface area contributed by atoms with Gasteiger partial charge in [-0.2, -0.15) is 0 Å². The summed E-state index contributed by atoms with van der Waals surface area (Å²) in [7, 11) is 0. The fraction of sp³-hybridized carbons (Fsp3) is 0.231. The Balaban J connectivity index is 1.78. The lowest BCUT2D eigenvalue weighted by Crippen LogP contribution is -2.19. The van der Waals surface area contributed by atoms with E-state index in [0.29, 0.717) is 0 Å². The molecule has 16 heavy (non-hydrogen) atoms. The van der Waals surface area contributed by atoms with Crippen molar-refractivity contribution in [2.75, 3.05) is 6.54 Å². The number of rotatable bonds is 5. The van der Waals surface area contributed by atoms with E-state index in [1.807, 2.05) is 30.3 Å². The number of nitrogens with one attached hydrogen (secondary N) is 1. The third-order valence-electron chi connectivity index (χ3n) is 2.37. The minimum atomic E-state index is -0.0961. The summed E-state index contributed by atoms with van der Waals surface area (Å²) in [5.41, 5.74) is 1.02. The summed E-state index contributed by atoms with van der Waals surface area (Å²) in [5.74, 6) is 0. The zero-order valence-corrected chi connectivity index (χ0v) is 10.5. The largest absolute Gasteiger partial charge is 0.297 e. The molecule has 0 saturated carbocycles. The molecular weight excluding hydrogens is 238 g/mol. The third-order valence-corrected chi connectivity index (χ3v) is 3.71. The number of benzene rings is 1. The zero-order chi connectivity index (χ0) is 11.2. The molecule has 0 fully saturated rings. The fourth-order valence-electron chi connectivity index (χ4n) is 1.52. The number of thiophene rings is 1. The standard InChI is InChI=1S/C13H14ClNS/c14-13(11-5-2-1-3-6-11)15-9-8-12-7-4-10-16-12/h1-7,10,13,15H,8-9H2. The van der Waals surface area contributed by atoms with Crippen molar-refractivity contribution in [2.45, 2.75) is 11.9 Å². The van der Waals surface area contributed by atoms with E-state index >= 15 is 0 Å². The van der Waals surface area contributed by atoms with Crippen LogP contribution in [0.5, 0.6) is 0 Å². The molecular formula is C13H14ClNS. The lowest BCUT2D eigenvalue weighted by Gasteiger charge is -2.11. The van der Waals surface area contributed by atoms with Crippen LogP contribution in [0.4, 0.5) is 0 Å². The Morgan fingerprint density at radius 1 is 1.12 bits per heavy atom. The molecule has 1 unspecified atom stereocenters. The summed E-state index contributed by atoms with van der Waals surface area (Å²) < 4.78 is 0. The van der Waals surface area contributed by atoms with Crippen LogP contribution < -0.4 is 5.32 Å². The van der Waals surface area contributed by atoms with Gasteiger partial charge in [-0.3, -0.25) is 5.32 Å². The van der Waals surface area contributed by atoms with Gasteiger partial charge in [0, 0.05) is 11.4 Å². The van der Waals surface area contributed by atoms with E-state index in [-0.39, 0.29) is 5.50 Å². The van der Waals surface area contributed by atoms with E-state index in [0.717, 1.165) is 18.5 Å². The van der Waals surface area contributed by atoms with Crippen LogP contribution in [-0.2, 0) is 6.42 Å². The second kappa shape index (κ2) is 6.04. The number of halogens is 1. The Bertz CT molecular complexity index is 399. The zero-order valence-electron chi connectivity index (χ0n) is 8.90. The van der Waals surface area contributed by atoms with Gasteiger partial charge in [-0.1, -0.05) is 36.4 Å². The Kier molecular flexibility index (Phi) is 4.40. The third kappa shape index (κ3) is 3.34. The van der Waals surface area contributed by atoms with Crippen molar-refractivity contribution in [3.05, 3.63) is 58.3 Å². The molecule has 2 aromatic rings. The van der Waals surface area contributed by atoms with Gasteiger partial charge in [-0.05, 0) is 23.4 Å². The lowest BCUT2D eigenvalue weighted by molar-refractivity contribution is 0.669. The maximum absolute atomic E-state index is 6.24. The van der Waals surface area contributed by atoms with Gasteiger partial charge in [0.2, 0.25) is 0 Å². The average molecular weight is 252 g/mol. The van der Waals surface area contributed by atoms with Gasteiger partial charge in [-0.25, -0.2) is 0 Å². The molecule has 0 amide bonds. The van der Waals surface area contributed by atoms with Crippen molar-refractivity contribution in [3.63, 3.8) is 0 Å². The van der Waals surface area contributed by atoms with E-state index in [1.54, 1.807) is 11.3 Å². The number of alkyl halides is 1. The van der Waals surface area contributed by atoms with Gasteiger partial charge in [0.05, 0.1) is 0 Å². The topological polar surface area (TPSA) is 12.0 Å². The first-order chi connectivity index (χ1) is 7.86. The average Bonchev–Trinajstić information content (AvgIpc) is 2.83. The summed E-state index contributed by atoms with van der Waals surface area (Å²) in [6, 6.07) is 14.3. The Morgan fingerprint density at radius 2 is 1.94 bits per heavy atom. The van der Waals surface area contributed by atoms with Gasteiger partial charge >= 0.3 is 0 Å². The molecule has 1 N–H and O–H groups in total. The molecule has 0 aliphatic rings. The summed E-state index contributed by atoms with van der Waals surface area (Å²) in [6.45, 7) is 0.906. The van der Waals surface area contributed by atoms with Crippen molar-refractivity contribution in [3.8, 4) is 0 Å². The predicted molar refractivity (Wildman–Crippen MR) is 71.1 cm³/mol. The van der Waals surface area contributed by atoms with E-state index in [1.165, 1.54) is 4.88 Å². The van der Waals surface area contributed by atoms with Gasteiger partial charge in [0.1, 0.15) is 5.50 Å². The highest BCUT2D eigenvalue weighted by Gasteiger charge is 2.05. The first-order valence-corrected chi connectivity index (χ1v) is 6.62. The normalized spacial score (nSPS) is 12.6. The fourth-order valence-corrected chi connectivity index (χ4v) is 2.48. The maximum atomic E-state index is 6.24. The van der Waals surface area contributed by atoms with Crippen LogP contribution in [0.15, 0.2) is 47.8 Å². The van der Waals surface area contributed by atoms with E-state index in [9.17, 15) is 0 Å². The van der Waals surface area contributed by atoms with Crippen LogP contribution in [0.1, 0.15) is 15.9 Å². The first kappa shape index (κ1) is 11.6. The summed E-state index contributed by atoms with van der Waals surface area (Å²) in [6.07, 6.45) is 1.04. The molecule has 0 aliphatic heterocycles. The van der Waals surface area contributed by atoms with Crippen molar-refractivity contribution in [1.82, 2.24) is 5.32 Å². The van der Waals surface area contributed by atoms with Crippen LogP contribution >= 0.6 is 22.9 Å². The molecule has 1 nitrogen and oxygen atoms in total. The molecule has 0 aliphatic carbocycles. The quantitative estimate of drug-likeness (QED) is 0.629. The van der Waals surface area contributed by atoms with Gasteiger partial charge in [0.25, 0.3) is 0 Å². The second-order valence-corrected chi connectivity index (χ2v) is 5.03. The SMILES string of the molecule is ClC(NCCc1cccs1)c1ccccc1. The van der Waals surface area contributed by atoms with Gasteiger partial charge in [-0.15, -0.1) is 22.9 Å². The summed E-state index contributed by atoms with van der Waals surface area (Å²) >= 11 is 8.03. The summed E-state index contributed by atoms with van der Waals surface area (Å²) in [4.78, 5) is 1.39.